The summed E-state index contributed by atoms with van der Waals surface area (Å²) in [5.74, 6) is -0.538. The largest absolute Gasteiger partial charge is 0.481 e. The number of carbonyl (C=O) groups is 2. The molecule has 0 amide bonds. The molecule has 0 aromatic carbocycles. The van der Waals surface area contributed by atoms with Gasteiger partial charge in [-0.2, -0.15) is 0 Å². The number of carboxylic acids is 1. The van der Waals surface area contributed by atoms with Crippen molar-refractivity contribution in [3.8, 4) is 0 Å². The first-order valence-electron chi connectivity index (χ1n) is 9.22. The Labute approximate surface area is 151 Å². The van der Waals surface area contributed by atoms with Crippen molar-refractivity contribution in [2.24, 2.45) is 17.3 Å². The number of rotatable bonds is 10. The van der Waals surface area contributed by atoms with Gasteiger partial charge in [-0.05, 0) is 75.7 Å². The Morgan fingerprint density at radius 2 is 1.92 bits per heavy atom. The van der Waals surface area contributed by atoms with E-state index < -0.39 is 11.6 Å². The normalized spacial score (nSPS) is 27.5. The van der Waals surface area contributed by atoms with Crippen LogP contribution in [0.25, 0.3) is 0 Å². The van der Waals surface area contributed by atoms with Crippen LogP contribution in [0.3, 0.4) is 0 Å². The number of hydrogen-bond donors (Lipinski definition) is 3. The highest BCUT2D eigenvalue weighted by molar-refractivity contribution is 5.75. The number of hydrogen-bond acceptors (Lipinski definition) is 4. The summed E-state index contributed by atoms with van der Waals surface area (Å²) in [5, 5.41) is 29.4. The predicted molar refractivity (Wildman–Crippen MR) is 97.2 cm³/mol. The molecule has 1 aliphatic rings. The van der Waals surface area contributed by atoms with Crippen molar-refractivity contribution in [1.29, 1.82) is 0 Å². The van der Waals surface area contributed by atoms with Crippen LogP contribution in [-0.4, -0.2) is 39.3 Å². The van der Waals surface area contributed by atoms with Gasteiger partial charge < -0.3 is 20.1 Å². The second kappa shape index (κ2) is 8.95. The van der Waals surface area contributed by atoms with E-state index in [1.54, 1.807) is 20.8 Å². The van der Waals surface area contributed by atoms with Gasteiger partial charge in [-0.1, -0.05) is 13.0 Å². The summed E-state index contributed by atoms with van der Waals surface area (Å²) in [7, 11) is 0. The molecular formula is C20H34O5. The molecule has 0 bridgehead atoms. The van der Waals surface area contributed by atoms with Crippen LogP contribution in [-0.2, 0) is 9.59 Å². The summed E-state index contributed by atoms with van der Waals surface area (Å²) < 4.78 is 0. The van der Waals surface area contributed by atoms with Crippen molar-refractivity contribution >= 4 is 11.8 Å². The quantitative estimate of drug-likeness (QED) is 0.523. The molecule has 0 aromatic rings. The third-order valence-electron chi connectivity index (χ3n) is 5.78. The fraction of sp³-hybridized carbons (Fsp3) is 0.800. The van der Waals surface area contributed by atoms with Crippen molar-refractivity contribution in [3.63, 3.8) is 0 Å². The minimum Gasteiger partial charge on any atom is -0.481 e. The molecule has 0 spiro atoms. The van der Waals surface area contributed by atoms with Crippen molar-refractivity contribution in [2.45, 2.75) is 78.2 Å². The van der Waals surface area contributed by atoms with Gasteiger partial charge in [0.25, 0.3) is 0 Å². The zero-order chi connectivity index (χ0) is 19.3. The molecule has 0 radical (unpaired) electrons. The van der Waals surface area contributed by atoms with E-state index in [0.29, 0.717) is 19.3 Å². The standard InChI is InChI=1S/C20H34O5/c1-14(22)6-5-7-15(13-21)8-9-17-16(19(2,3)25)10-11-20(17,4)12-18(23)24/h7,16-17,21,25H,5-6,8-13H2,1-4H3,(H,23,24). The van der Waals surface area contributed by atoms with Gasteiger partial charge in [0.05, 0.1) is 18.6 Å². The van der Waals surface area contributed by atoms with Crippen LogP contribution in [0.5, 0.6) is 0 Å². The van der Waals surface area contributed by atoms with E-state index in [-0.39, 0.29) is 36.1 Å². The maximum absolute atomic E-state index is 11.3. The van der Waals surface area contributed by atoms with Gasteiger partial charge in [-0.25, -0.2) is 0 Å². The highest BCUT2D eigenvalue weighted by Gasteiger charge is 2.50. The summed E-state index contributed by atoms with van der Waals surface area (Å²) in [6, 6.07) is 0. The molecule has 3 atom stereocenters. The van der Waals surface area contributed by atoms with Crippen LogP contribution in [0.2, 0.25) is 0 Å². The molecule has 0 saturated heterocycles. The SMILES string of the molecule is CC(=O)CCC=C(CO)CCC1C(C(C)(C)O)CCC1(C)CC(=O)O. The average molecular weight is 354 g/mol. The molecule has 25 heavy (non-hydrogen) atoms. The van der Waals surface area contributed by atoms with E-state index in [1.165, 1.54) is 0 Å². The van der Waals surface area contributed by atoms with E-state index in [0.717, 1.165) is 24.8 Å². The van der Waals surface area contributed by atoms with Crippen LogP contribution in [0, 0.1) is 17.3 Å². The average Bonchev–Trinajstić information content (AvgIpc) is 2.78. The Balaban J connectivity index is 2.86. The highest BCUT2D eigenvalue weighted by Crippen LogP contribution is 2.54. The second-order valence-electron chi connectivity index (χ2n) is 8.43. The Kier molecular flexibility index (Phi) is 7.82. The fourth-order valence-electron chi connectivity index (χ4n) is 4.38. The molecule has 0 heterocycles. The minimum absolute atomic E-state index is 0.0482. The first kappa shape index (κ1) is 21.8. The van der Waals surface area contributed by atoms with E-state index in [9.17, 15) is 24.9 Å². The van der Waals surface area contributed by atoms with Crippen LogP contribution in [0.1, 0.15) is 72.6 Å². The number of aliphatic carboxylic acids is 1. The lowest BCUT2D eigenvalue weighted by atomic mass is 9.69. The lowest BCUT2D eigenvalue weighted by molar-refractivity contribution is -0.140. The molecule has 1 rings (SSSR count). The predicted octanol–water partition coefficient (Wildman–Crippen LogP) is 3.33. The summed E-state index contributed by atoms with van der Waals surface area (Å²) >= 11 is 0. The van der Waals surface area contributed by atoms with Crippen LogP contribution >= 0.6 is 0 Å². The molecule has 1 fully saturated rings. The topological polar surface area (TPSA) is 94.8 Å². The van der Waals surface area contributed by atoms with Gasteiger partial charge >= 0.3 is 5.97 Å². The third kappa shape index (κ3) is 6.55. The number of allylic oxidation sites excluding steroid dienone is 1. The Bertz CT molecular complexity index is 503. The van der Waals surface area contributed by atoms with Crippen LogP contribution < -0.4 is 0 Å². The first-order chi connectivity index (χ1) is 11.5. The monoisotopic (exact) mass is 354 g/mol. The van der Waals surface area contributed by atoms with Crippen LogP contribution in [0.15, 0.2) is 11.6 Å². The molecule has 1 aliphatic carbocycles. The Morgan fingerprint density at radius 1 is 1.28 bits per heavy atom. The number of carbonyl (C=O) groups excluding carboxylic acids is 1. The number of aliphatic hydroxyl groups is 2. The lowest BCUT2D eigenvalue weighted by Crippen LogP contribution is -2.38. The van der Waals surface area contributed by atoms with E-state index in [1.807, 2.05) is 13.0 Å². The maximum atomic E-state index is 11.3. The Morgan fingerprint density at radius 3 is 2.40 bits per heavy atom. The summed E-state index contributed by atoms with van der Waals surface area (Å²) in [6.45, 7) is 7.11. The summed E-state index contributed by atoms with van der Waals surface area (Å²) in [6.07, 6.45) is 6.14. The second-order valence-corrected chi connectivity index (χ2v) is 8.43. The minimum atomic E-state index is -0.849. The van der Waals surface area contributed by atoms with Crippen molar-refractivity contribution < 1.29 is 24.9 Å². The molecule has 144 valence electrons. The van der Waals surface area contributed by atoms with Crippen molar-refractivity contribution in [2.75, 3.05) is 6.61 Å². The zero-order valence-electron chi connectivity index (χ0n) is 16.0. The smallest absolute Gasteiger partial charge is 0.303 e. The van der Waals surface area contributed by atoms with Gasteiger partial charge in [0.15, 0.2) is 0 Å². The molecular weight excluding hydrogens is 320 g/mol. The molecule has 5 nitrogen and oxygen atoms in total. The number of ketones is 1. The molecule has 3 N–H and O–H groups in total. The molecule has 3 unspecified atom stereocenters. The summed E-state index contributed by atoms with van der Waals surface area (Å²) in [5.41, 5.74) is -0.296. The molecule has 0 aromatic heterocycles. The number of aliphatic hydroxyl groups excluding tert-OH is 1. The zero-order valence-corrected chi connectivity index (χ0v) is 16.0. The third-order valence-corrected chi connectivity index (χ3v) is 5.78. The Hall–Kier alpha value is -1.20. The van der Waals surface area contributed by atoms with E-state index in [2.05, 4.69) is 0 Å². The van der Waals surface area contributed by atoms with E-state index >= 15 is 0 Å². The number of carboxylic acid groups (broad SMARTS) is 1. The number of Topliss-reactive ketones (excluding diaryl/α,β-unsaturated/α-hetero) is 1. The van der Waals surface area contributed by atoms with Gasteiger partial charge in [-0.15, -0.1) is 0 Å². The molecule has 0 aliphatic heterocycles. The van der Waals surface area contributed by atoms with Crippen molar-refractivity contribution in [1.82, 2.24) is 0 Å². The van der Waals surface area contributed by atoms with Gasteiger partial charge in [-0.3, -0.25) is 4.79 Å². The van der Waals surface area contributed by atoms with Gasteiger partial charge in [0.1, 0.15) is 5.78 Å². The van der Waals surface area contributed by atoms with Crippen LogP contribution in [0.4, 0.5) is 0 Å². The lowest BCUT2D eigenvalue weighted by Gasteiger charge is -2.38. The molecule has 5 heteroatoms. The van der Waals surface area contributed by atoms with E-state index in [4.69, 9.17) is 0 Å². The first-order valence-corrected chi connectivity index (χ1v) is 9.22. The van der Waals surface area contributed by atoms with Crippen molar-refractivity contribution in [3.05, 3.63) is 11.6 Å². The molecule has 1 saturated carbocycles. The maximum Gasteiger partial charge on any atom is 0.303 e. The van der Waals surface area contributed by atoms with Gasteiger partial charge in [0.2, 0.25) is 0 Å². The highest BCUT2D eigenvalue weighted by atomic mass is 16.4. The van der Waals surface area contributed by atoms with Gasteiger partial charge in [0, 0.05) is 6.42 Å². The summed E-state index contributed by atoms with van der Waals surface area (Å²) in [4.78, 5) is 22.4. The fourth-order valence-corrected chi connectivity index (χ4v) is 4.38.